The lowest BCUT2D eigenvalue weighted by Crippen LogP contribution is -2.46. The van der Waals surface area contributed by atoms with Crippen LogP contribution in [0.25, 0.3) is 4.85 Å². The number of ether oxygens (including phenoxy) is 1. The van der Waals surface area contributed by atoms with Crippen molar-refractivity contribution < 1.29 is 9.53 Å². The Balaban J connectivity index is 2.78. The molecule has 0 aliphatic carbocycles. The first-order valence-corrected chi connectivity index (χ1v) is 5.95. The van der Waals surface area contributed by atoms with Gasteiger partial charge in [-0.15, -0.1) is 0 Å². The fraction of sp³-hybridized carbons (Fsp3) is 0.846. The van der Waals surface area contributed by atoms with E-state index in [0.717, 1.165) is 6.42 Å². The van der Waals surface area contributed by atoms with Gasteiger partial charge in [0.2, 0.25) is 0 Å². The van der Waals surface area contributed by atoms with Gasteiger partial charge < -0.3 is 4.74 Å². The highest BCUT2D eigenvalue weighted by Gasteiger charge is 2.45. The summed E-state index contributed by atoms with van der Waals surface area (Å²) in [5.41, 5.74) is -0.0218. The van der Waals surface area contributed by atoms with E-state index >= 15 is 0 Å². The van der Waals surface area contributed by atoms with E-state index < -0.39 is 0 Å². The minimum Gasteiger partial charge on any atom is -0.306 e. The number of nitrogens with zero attached hydrogens (tertiary/aromatic N) is 1. The molecule has 16 heavy (non-hydrogen) atoms. The normalized spacial score (nSPS) is 33.1. The summed E-state index contributed by atoms with van der Waals surface area (Å²) in [6.45, 7) is 15.3. The molecule has 1 heterocycles. The standard InChI is InChI=1S/C13H21NO2/c1-6-10(15)8-11-13(3,4)9(2)7-12(14-5)16-11/h9,11-12H,6-8H2,1-4H3/t9-,11?,12+/m1/s1. The van der Waals surface area contributed by atoms with Crippen molar-refractivity contribution in [3.8, 4) is 0 Å². The highest BCUT2D eigenvalue weighted by molar-refractivity contribution is 5.78. The summed E-state index contributed by atoms with van der Waals surface area (Å²) in [5, 5.41) is 0. The summed E-state index contributed by atoms with van der Waals surface area (Å²) in [4.78, 5) is 15.0. The number of ketones is 1. The zero-order chi connectivity index (χ0) is 12.3. The highest BCUT2D eigenvalue weighted by atomic mass is 16.5. The third kappa shape index (κ3) is 2.62. The summed E-state index contributed by atoms with van der Waals surface area (Å²) < 4.78 is 5.72. The van der Waals surface area contributed by atoms with Gasteiger partial charge >= 0.3 is 6.23 Å². The monoisotopic (exact) mass is 223 g/mol. The van der Waals surface area contributed by atoms with Gasteiger partial charge in [0.1, 0.15) is 5.78 Å². The van der Waals surface area contributed by atoms with Crippen LogP contribution in [-0.4, -0.2) is 18.1 Å². The molecule has 0 N–H and O–H groups in total. The van der Waals surface area contributed by atoms with E-state index in [1.165, 1.54) is 0 Å². The maximum Gasteiger partial charge on any atom is 0.328 e. The fourth-order valence-corrected chi connectivity index (χ4v) is 2.09. The van der Waals surface area contributed by atoms with Crippen LogP contribution in [0.5, 0.6) is 0 Å². The number of hydrogen-bond acceptors (Lipinski definition) is 2. The van der Waals surface area contributed by atoms with Gasteiger partial charge in [0.25, 0.3) is 0 Å². The van der Waals surface area contributed by atoms with Gasteiger partial charge in [-0.3, -0.25) is 9.64 Å². The van der Waals surface area contributed by atoms with Crippen LogP contribution in [-0.2, 0) is 9.53 Å². The molecule has 1 fully saturated rings. The molecule has 1 aliphatic heterocycles. The SMILES string of the molecule is [C-]#[N+][C@@H]1C[C@@H](C)C(C)(C)C(CC(=O)CC)O1. The van der Waals surface area contributed by atoms with Crippen molar-refractivity contribution in [2.24, 2.45) is 11.3 Å². The largest absolute Gasteiger partial charge is 0.328 e. The molecule has 0 bridgehead atoms. The molecule has 3 nitrogen and oxygen atoms in total. The molecule has 1 saturated heterocycles. The first-order valence-electron chi connectivity index (χ1n) is 5.95. The van der Waals surface area contributed by atoms with Gasteiger partial charge in [-0.05, 0) is 11.3 Å². The Hall–Kier alpha value is -0.880. The summed E-state index contributed by atoms with van der Waals surface area (Å²) >= 11 is 0. The Bertz CT molecular complexity index is 304. The van der Waals surface area contributed by atoms with E-state index in [0.29, 0.717) is 18.8 Å². The topological polar surface area (TPSA) is 30.7 Å². The second-order valence-corrected chi connectivity index (χ2v) is 5.26. The van der Waals surface area contributed by atoms with Gasteiger partial charge in [0, 0.05) is 12.8 Å². The Morgan fingerprint density at radius 2 is 2.19 bits per heavy atom. The first-order chi connectivity index (χ1) is 7.41. The molecule has 0 amide bonds. The zero-order valence-electron chi connectivity index (χ0n) is 10.6. The molecule has 90 valence electrons. The molecule has 3 heteroatoms. The van der Waals surface area contributed by atoms with Gasteiger partial charge in [-0.25, -0.2) is 6.57 Å². The summed E-state index contributed by atoms with van der Waals surface area (Å²) in [7, 11) is 0. The van der Waals surface area contributed by atoms with Gasteiger partial charge in [-0.1, -0.05) is 27.7 Å². The number of Topliss-reactive ketones (excluding diaryl/α,β-unsaturated/α-hetero) is 1. The van der Waals surface area contributed by atoms with Gasteiger partial charge in [-0.2, -0.15) is 0 Å². The van der Waals surface area contributed by atoms with E-state index in [4.69, 9.17) is 11.3 Å². The number of rotatable bonds is 3. The molecule has 0 spiro atoms. The Morgan fingerprint density at radius 1 is 1.56 bits per heavy atom. The molecule has 3 atom stereocenters. The number of carbonyl (C=O) groups is 1. The molecule has 0 aromatic rings. The number of carbonyl (C=O) groups excluding carboxylic acids is 1. The molecule has 1 unspecified atom stereocenters. The minimum atomic E-state index is -0.363. The van der Waals surface area contributed by atoms with E-state index in [2.05, 4.69) is 25.6 Å². The Morgan fingerprint density at radius 3 is 2.69 bits per heavy atom. The van der Waals surface area contributed by atoms with Crippen LogP contribution in [0.2, 0.25) is 0 Å². The smallest absolute Gasteiger partial charge is 0.306 e. The molecular weight excluding hydrogens is 202 g/mol. The predicted molar refractivity (Wildman–Crippen MR) is 62.7 cm³/mol. The van der Waals surface area contributed by atoms with Crippen LogP contribution in [0.3, 0.4) is 0 Å². The number of hydrogen-bond donors (Lipinski definition) is 0. The van der Waals surface area contributed by atoms with E-state index in [1.807, 2.05) is 6.92 Å². The fourth-order valence-electron chi connectivity index (χ4n) is 2.09. The van der Waals surface area contributed by atoms with Crippen LogP contribution >= 0.6 is 0 Å². The summed E-state index contributed by atoms with van der Waals surface area (Å²) in [6, 6.07) is 0. The van der Waals surface area contributed by atoms with Crippen molar-refractivity contribution in [1.29, 1.82) is 0 Å². The van der Waals surface area contributed by atoms with Crippen molar-refractivity contribution in [2.45, 2.75) is 59.3 Å². The maximum atomic E-state index is 11.5. The van der Waals surface area contributed by atoms with Crippen LogP contribution in [0.15, 0.2) is 0 Å². The van der Waals surface area contributed by atoms with Crippen molar-refractivity contribution in [3.63, 3.8) is 0 Å². The summed E-state index contributed by atoms with van der Waals surface area (Å²) in [6.07, 6.45) is 1.29. The van der Waals surface area contributed by atoms with Crippen molar-refractivity contribution in [2.75, 3.05) is 0 Å². The molecule has 0 radical (unpaired) electrons. The molecule has 1 aliphatic rings. The summed E-state index contributed by atoms with van der Waals surface area (Å²) in [5.74, 6) is 0.630. The average molecular weight is 223 g/mol. The van der Waals surface area contributed by atoms with Crippen LogP contribution < -0.4 is 0 Å². The maximum absolute atomic E-state index is 11.5. The highest BCUT2D eigenvalue weighted by Crippen LogP contribution is 2.42. The van der Waals surface area contributed by atoms with Crippen LogP contribution in [0.1, 0.15) is 47.0 Å². The quantitative estimate of drug-likeness (QED) is 0.688. The molecule has 0 aromatic heterocycles. The average Bonchev–Trinajstić information content (AvgIpc) is 2.24. The second kappa shape index (κ2) is 4.97. The van der Waals surface area contributed by atoms with Crippen LogP contribution in [0.4, 0.5) is 0 Å². The molecule has 0 saturated carbocycles. The minimum absolute atomic E-state index is 0.0218. The lowest BCUT2D eigenvalue weighted by atomic mass is 9.70. The Kier molecular flexibility index (Phi) is 4.09. The van der Waals surface area contributed by atoms with Crippen LogP contribution in [0, 0.1) is 17.9 Å². The van der Waals surface area contributed by atoms with Crippen molar-refractivity contribution in [3.05, 3.63) is 11.4 Å². The first kappa shape index (κ1) is 13.2. The third-order valence-corrected chi connectivity index (χ3v) is 3.93. The third-order valence-electron chi connectivity index (χ3n) is 3.93. The van der Waals surface area contributed by atoms with E-state index in [1.54, 1.807) is 0 Å². The second-order valence-electron chi connectivity index (χ2n) is 5.26. The van der Waals surface area contributed by atoms with Gasteiger partial charge in [0.05, 0.1) is 12.5 Å². The zero-order valence-corrected chi connectivity index (χ0v) is 10.6. The van der Waals surface area contributed by atoms with E-state index in [-0.39, 0.29) is 23.5 Å². The predicted octanol–water partition coefficient (Wildman–Crippen LogP) is 3.05. The molecular formula is C13H21NO2. The lowest BCUT2D eigenvalue weighted by Gasteiger charge is -2.43. The van der Waals surface area contributed by atoms with E-state index in [9.17, 15) is 4.79 Å². The molecule has 1 rings (SSSR count). The molecule has 0 aromatic carbocycles. The van der Waals surface area contributed by atoms with Crippen molar-refractivity contribution >= 4 is 5.78 Å². The van der Waals surface area contributed by atoms with Crippen molar-refractivity contribution in [1.82, 2.24) is 0 Å². The van der Waals surface area contributed by atoms with Gasteiger partial charge in [0.15, 0.2) is 0 Å². The Labute approximate surface area is 98.0 Å². The lowest BCUT2D eigenvalue weighted by molar-refractivity contribution is -0.144.